The van der Waals surface area contributed by atoms with Crippen LogP contribution in [0.15, 0.2) is 42.5 Å². The minimum atomic E-state index is -0.239. The molecule has 2 aromatic rings. The van der Waals surface area contributed by atoms with Crippen LogP contribution in [0.5, 0.6) is 5.75 Å². The van der Waals surface area contributed by atoms with Crippen molar-refractivity contribution in [3.63, 3.8) is 0 Å². The largest absolute Gasteiger partial charge is 0.496 e. The van der Waals surface area contributed by atoms with Gasteiger partial charge in [-0.05, 0) is 41.8 Å². The van der Waals surface area contributed by atoms with E-state index in [0.717, 1.165) is 5.69 Å². The second kappa shape index (κ2) is 6.31. The molecule has 0 saturated heterocycles. The number of amides is 1. The maximum atomic E-state index is 12.3. The maximum Gasteiger partial charge on any atom is 0.259 e. The third-order valence-corrected chi connectivity index (χ3v) is 3.30. The van der Waals surface area contributed by atoms with Crippen LogP contribution in [0.3, 0.4) is 0 Å². The summed E-state index contributed by atoms with van der Waals surface area (Å²) >= 11 is 0. The van der Waals surface area contributed by atoms with E-state index in [1.54, 1.807) is 18.2 Å². The van der Waals surface area contributed by atoms with Crippen molar-refractivity contribution < 1.29 is 9.53 Å². The summed E-state index contributed by atoms with van der Waals surface area (Å²) in [5.41, 5.74) is 8.65. The van der Waals surface area contributed by atoms with Crippen molar-refractivity contribution in [3.05, 3.63) is 53.6 Å². The average molecular weight is 284 g/mol. The molecule has 0 unspecified atom stereocenters. The van der Waals surface area contributed by atoms with Gasteiger partial charge < -0.3 is 15.8 Å². The molecule has 0 atom stereocenters. The molecule has 110 valence electrons. The fraction of sp³-hybridized carbons (Fsp3) is 0.235. The number of benzene rings is 2. The second-order valence-electron chi connectivity index (χ2n) is 5.19. The minimum Gasteiger partial charge on any atom is -0.496 e. The average Bonchev–Trinajstić information content (AvgIpc) is 2.47. The Labute approximate surface area is 124 Å². The van der Waals surface area contributed by atoms with Crippen LogP contribution in [0.1, 0.15) is 35.7 Å². The highest BCUT2D eigenvalue weighted by Gasteiger charge is 2.13. The van der Waals surface area contributed by atoms with Crippen molar-refractivity contribution in [2.24, 2.45) is 0 Å². The van der Waals surface area contributed by atoms with E-state index in [-0.39, 0.29) is 5.91 Å². The SMILES string of the molecule is COc1ccc(N)cc1C(=O)Nc1ccc(C(C)C)cc1. The molecule has 4 nitrogen and oxygen atoms in total. The molecule has 0 aliphatic heterocycles. The lowest BCUT2D eigenvalue weighted by Gasteiger charge is -2.11. The number of carbonyl (C=O) groups excluding carboxylic acids is 1. The Morgan fingerprint density at radius 2 is 1.81 bits per heavy atom. The van der Waals surface area contributed by atoms with Crippen LogP contribution in [-0.4, -0.2) is 13.0 Å². The smallest absolute Gasteiger partial charge is 0.259 e. The quantitative estimate of drug-likeness (QED) is 0.842. The number of nitrogens with two attached hydrogens (primary N) is 1. The lowest BCUT2D eigenvalue weighted by Crippen LogP contribution is -2.13. The fourth-order valence-corrected chi connectivity index (χ4v) is 2.05. The highest BCUT2D eigenvalue weighted by molar-refractivity contribution is 6.06. The van der Waals surface area contributed by atoms with Gasteiger partial charge in [0.25, 0.3) is 5.91 Å². The molecule has 0 radical (unpaired) electrons. The molecule has 21 heavy (non-hydrogen) atoms. The molecule has 0 bridgehead atoms. The third-order valence-electron chi connectivity index (χ3n) is 3.30. The molecule has 2 aromatic carbocycles. The number of ether oxygens (including phenoxy) is 1. The minimum absolute atomic E-state index is 0.239. The topological polar surface area (TPSA) is 64.3 Å². The second-order valence-corrected chi connectivity index (χ2v) is 5.19. The molecule has 1 amide bonds. The highest BCUT2D eigenvalue weighted by Crippen LogP contribution is 2.23. The van der Waals surface area contributed by atoms with Crippen molar-refractivity contribution in [2.75, 3.05) is 18.2 Å². The number of anilines is 2. The van der Waals surface area contributed by atoms with Crippen LogP contribution in [0.2, 0.25) is 0 Å². The summed E-state index contributed by atoms with van der Waals surface area (Å²) in [5, 5.41) is 2.85. The summed E-state index contributed by atoms with van der Waals surface area (Å²) in [6.45, 7) is 4.26. The van der Waals surface area contributed by atoms with Crippen LogP contribution in [-0.2, 0) is 0 Å². The molecule has 0 aliphatic rings. The van der Waals surface area contributed by atoms with Gasteiger partial charge in [0.15, 0.2) is 0 Å². The zero-order chi connectivity index (χ0) is 15.4. The van der Waals surface area contributed by atoms with Crippen molar-refractivity contribution in [1.82, 2.24) is 0 Å². The molecule has 3 N–H and O–H groups in total. The van der Waals surface area contributed by atoms with E-state index in [1.807, 2.05) is 24.3 Å². The summed E-state index contributed by atoms with van der Waals surface area (Å²) in [7, 11) is 1.53. The fourth-order valence-electron chi connectivity index (χ4n) is 2.05. The number of rotatable bonds is 4. The van der Waals surface area contributed by atoms with E-state index in [0.29, 0.717) is 22.9 Å². The first-order chi connectivity index (χ1) is 10.0. The first-order valence-corrected chi connectivity index (χ1v) is 6.86. The summed E-state index contributed by atoms with van der Waals surface area (Å²) < 4.78 is 5.19. The van der Waals surface area contributed by atoms with Gasteiger partial charge in [-0.25, -0.2) is 0 Å². The molecule has 0 aliphatic carbocycles. The standard InChI is InChI=1S/C17H20N2O2/c1-11(2)12-4-7-14(8-5-12)19-17(20)15-10-13(18)6-9-16(15)21-3/h4-11H,18H2,1-3H3,(H,19,20). The molecular formula is C17H20N2O2. The van der Waals surface area contributed by atoms with Crippen LogP contribution in [0.4, 0.5) is 11.4 Å². The number of carbonyl (C=O) groups is 1. The zero-order valence-electron chi connectivity index (χ0n) is 12.5. The van der Waals surface area contributed by atoms with Crippen molar-refractivity contribution in [1.29, 1.82) is 0 Å². The Balaban J connectivity index is 2.19. The summed E-state index contributed by atoms with van der Waals surface area (Å²) in [6, 6.07) is 12.8. The van der Waals surface area contributed by atoms with Gasteiger partial charge in [0.05, 0.1) is 12.7 Å². The Kier molecular flexibility index (Phi) is 4.48. The summed E-state index contributed by atoms with van der Waals surface area (Å²) in [4.78, 5) is 12.3. The van der Waals surface area contributed by atoms with Gasteiger partial charge in [-0.2, -0.15) is 0 Å². The van der Waals surface area contributed by atoms with Gasteiger partial charge >= 0.3 is 0 Å². The summed E-state index contributed by atoms with van der Waals surface area (Å²) in [5.74, 6) is 0.723. The van der Waals surface area contributed by atoms with E-state index in [1.165, 1.54) is 12.7 Å². The van der Waals surface area contributed by atoms with Gasteiger partial charge in [-0.15, -0.1) is 0 Å². The van der Waals surface area contributed by atoms with Crippen LogP contribution >= 0.6 is 0 Å². The number of nitrogen functional groups attached to an aromatic ring is 1. The van der Waals surface area contributed by atoms with Crippen LogP contribution < -0.4 is 15.8 Å². The molecule has 0 spiro atoms. The first kappa shape index (κ1) is 14.9. The van der Waals surface area contributed by atoms with Crippen LogP contribution in [0.25, 0.3) is 0 Å². The van der Waals surface area contributed by atoms with Crippen molar-refractivity contribution >= 4 is 17.3 Å². The van der Waals surface area contributed by atoms with Gasteiger partial charge in [-0.1, -0.05) is 26.0 Å². The van der Waals surface area contributed by atoms with E-state index in [9.17, 15) is 4.79 Å². The van der Waals surface area contributed by atoms with Gasteiger partial charge in [0.1, 0.15) is 5.75 Å². The van der Waals surface area contributed by atoms with Crippen molar-refractivity contribution in [3.8, 4) is 5.75 Å². The van der Waals surface area contributed by atoms with E-state index >= 15 is 0 Å². The maximum absolute atomic E-state index is 12.3. The van der Waals surface area contributed by atoms with Crippen molar-refractivity contribution in [2.45, 2.75) is 19.8 Å². The normalized spacial score (nSPS) is 10.5. The Morgan fingerprint density at radius 1 is 1.14 bits per heavy atom. The van der Waals surface area contributed by atoms with Gasteiger partial charge in [-0.3, -0.25) is 4.79 Å². The van der Waals surface area contributed by atoms with Gasteiger partial charge in [0, 0.05) is 11.4 Å². The lowest BCUT2D eigenvalue weighted by atomic mass is 10.0. The predicted molar refractivity (Wildman–Crippen MR) is 85.9 cm³/mol. The molecular weight excluding hydrogens is 264 g/mol. The molecule has 0 fully saturated rings. The predicted octanol–water partition coefficient (Wildman–Crippen LogP) is 3.65. The first-order valence-electron chi connectivity index (χ1n) is 6.86. The molecule has 0 aromatic heterocycles. The van der Waals surface area contributed by atoms with E-state index < -0.39 is 0 Å². The Morgan fingerprint density at radius 3 is 2.38 bits per heavy atom. The molecule has 0 heterocycles. The van der Waals surface area contributed by atoms with Crippen LogP contribution in [0, 0.1) is 0 Å². The molecule has 0 saturated carbocycles. The Bertz CT molecular complexity index is 634. The number of nitrogens with one attached hydrogen (secondary N) is 1. The zero-order valence-corrected chi connectivity index (χ0v) is 12.5. The number of hydrogen-bond acceptors (Lipinski definition) is 3. The highest BCUT2D eigenvalue weighted by atomic mass is 16.5. The molecule has 2 rings (SSSR count). The number of hydrogen-bond donors (Lipinski definition) is 2. The van der Waals surface area contributed by atoms with Gasteiger partial charge in [0.2, 0.25) is 0 Å². The lowest BCUT2D eigenvalue weighted by molar-refractivity contribution is 0.102. The Hall–Kier alpha value is -2.49. The monoisotopic (exact) mass is 284 g/mol. The molecule has 4 heteroatoms. The third kappa shape index (κ3) is 3.54. The summed E-state index contributed by atoms with van der Waals surface area (Å²) in [6.07, 6.45) is 0. The van der Waals surface area contributed by atoms with E-state index in [4.69, 9.17) is 10.5 Å². The number of methoxy groups -OCH3 is 1. The van der Waals surface area contributed by atoms with E-state index in [2.05, 4.69) is 19.2 Å².